The fourth-order valence-corrected chi connectivity index (χ4v) is 2.20. The first kappa shape index (κ1) is 15.4. The lowest BCUT2D eigenvalue weighted by Gasteiger charge is -2.30. The minimum Gasteiger partial charge on any atom is -0.355 e. The number of carbonyl (C=O) groups excluding carboxylic acids is 2. The van der Waals surface area contributed by atoms with Crippen molar-refractivity contribution in [1.82, 2.24) is 15.5 Å². The van der Waals surface area contributed by atoms with Crippen LogP contribution in [0.1, 0.15) is 26.2 Å². The summed E-state index contributed by atoms with van der Waals surface area (Å²) in [6, 6.07) is 2.14. The van der Waals surface area contributed by atoms with Crippen LogP contribution < -0.4 is 10.6 Å². The summed E-state index contributed by atoms with van der Waals surface area (Å²) >= 11 is 0. The van der Waals surface area contributed by atoms with Gasteiger partial charge in [-0.1, -0.05) is 0 Å². The molecule has 19 heavy (non-hydrogen) atoms. The molecule has 6 nitrogen and oxygen atoms in total. The van der Waals surface area contributed by atoms with Gasteiger partial charge in [0.05, 0.1) is 6.07 Å². The van der Waals surface area contributed by atoms with Crippen LogP contribution in [0.25, 0.3) is 0 Å². The van der Waals surface area contributed by atoms with Gasteiger partial charge in [-0.15, -0.1) is 0 Å². The van der Waals surface area contributed by atoms with Crippen LogP contribution in [0.5, 0.6) is 0 Å². The summed E-state index contributed by atoms with van der Waals surface area (Å²) in [5.41, 5.74) is 0. The van der Waals surface area contributed by atoms with Crippen molar-refractivity contribution in [2.75, 3.05) is 32.7 Å². The predicted molar refractivity (Wildman–Crippen MR) is 71.1 cm³/mol. The maximum atomic E-state index is 11.9. The van der Waals surface area contributed by atoms with Crippen LogP contribution in [-0.4, -0.2) is 49.4 Å². The van der Waals surface area contributed by atoms with Gasteiger partial charge in [-0.25, -0.2) is 0 Å². The van der Waals surface area contributed by atoms with Crippen molar-refractivity contribution in [1.29, 1.82) is 5.26 Å². The Morgan fingerprint density at radius 1 is 1.26 bits per heavy atom. The molecule has 0 spiro atoms. The Hall–Kier alpha value is -1.61. The van der Waals surface area contributed by atoms with Crippen LogP contribution >= 0.6 is 0 Å². The Morgan fingerprint density at radius 2 is 1.89 bits per heavy atom. The molecule has 2 amide bonds. The predicted octanol–water partition coefficient (Wildman–Crippen LogP) is -0.136. The molecule has 0 atom stereocenters. The number of nitrogens with zero attached hydrogens (tertiary/aromatic N) is 2. The molecule has 1 aliphatic rings. The molecule has 1 heterocycles. The molecule has 0 radical (unpaired) electrons. The van der Waals surface area contributed by atoms with Crippen LogP contribution in [0.3, 0.4) is 0 Å². The van der Waals surface area contributed by atoms with E-state index in [1.54, 1.807) is 0 Å². The first-order valence-electron chi connectivity index (χ1n) is 6.75. The van der Waals surface area contributed by atoms with Gasteiger partial charge in [0.1, 0.15) is 0 Å². The van der Waals surface area contributed by atoms with Gasteiger partial charge in [-0.3, -0.25) is 9.59 Å². The van der Waals surface area contributed by atoms with Crippen molar-refractivity contribution < 1.29 is 9.59 Å². The second-order valence-corrected chi connectivity index (χ2v) is 4.80. The van der Waals surface area contributed by atoms with Crippen molar-refractivity contribution in [3.8, 4) is 6.07 Å². The molecule has 0 aromatic carbocycles. The van der Waals surface area contributed by atoms with Crippen molar-refractivity contribution in [3.63, 3.8) is 0 Å². The minimum atomic E-state index is -0.0833. The molecular weight excluding hydrogens is 244 g/mol. The van der Waals surface area contributed by atoms with Gasteiger partial charge >= 0.3 is 0 Å². The molecule has 2 N–H and O–H groups in total. The highest BCUT2D eigenvalue weighted by atomic mass is 16.2. The number of piperidine rings is 1. The first-order valence-corrected chi connectivity index (χ1v) is 6.75. The number of rotatable bonds is 6. The number of nitriles is 1. The van der Waals surface area contributed by atoms with Gasteiger partial charge in [0.25, 0.3) is 0 Å². The number of likely N-dealkylation sites (tertiary alicyclic amines) is 1. The quantitative estimate of drug-likeness (QED) is 0.656. The second kappa shape index (κ2) is 8.48. The molecule has 0 saturated carbocycles. The Morgan fingerprint density at radius 3 is 2.47 bits per heavy atom. The molecule has 106 valence electrons. The van der Waals surface area contributed by atoms with Crippen LogP contribution in [0.15, 0.2) is 0 Å². The zero-order chi connectivity index (χ0) is 14.1. The highest BCUT2D eigenvalue weighted by Crippen LogP contribution is 2.17. The van der Waals surface area contributed by atoms with Gasteiger partial charge in [0, 0.05) is 38.9 Å². The van der Waals surface area contributed by atoms with Crippen LogP contribution in [-0.2, 0) is 9.59 Å². The van der Waals surface area contributed by atoms with E-state index in [2.05, 4.69) is 21.6 Å². The fourth-order valence-electron chi connectivity index (χ4n) is 2.20. The molecule has 1 rings (SSSR count). The van der Waals surface area contributed by atoms with E-state index in [0.717, 1.165) is 32.5 Å². The van der Waals surface area contributed by atoms with E-state index in [1.165, 1.54) is 6.92 Å². The highest BCUT2D eigenvalue weighted by Gasteiger charge is 2.24. The third-order valence-corrected chi connectivity index (χ3v) is 3.30. The normalized spacial score (nSPS) is 16.6. The lowest BCUT2D eigenvalue weighted by Crippen LogP contribution is -2.42. The lowest BCUT2D eigenvalue weighted by molar-refractivity contribution is -0.126. The molecule has 1 fully saturated rings. The highest BCUT2D eigenvalue weighted by molar-refractivity contribution is 5.78. The summed E-state index contributed by atoms with van der Waals surface area (Å²) in [5.74, 6) is 0.0565. The largest absolute Gasteiger partial charge is 0.355 e. The zero-order valence-electron chi connectivity index (χ0n) is 11.4. The summed E-state index contributed by atoms with van der Waals surface area (Å²) < 4.78 is 0. The molecule has 6 heteroatoms. The Kier molecular flexibility index (Phi) is 6.90. The SMILES string of the molecule is CC(=O)NCCNC(=O)C1CCN(CCC#N)CC1. The van der Waals surface area contributed by atoms with Crippen LogP contribution in [0.4, 0.5) is 0 Å². The van der Waals surface area contributed by atoms with E-state index in [9.17, 15) is 9.59 Å². The molecule has 1 aliphatic heterocycles. The number of amides is 2. The number of hydrogen-bond acceptors (Lipinski definition) is 4. The van der Waals surface area contributed by atoms with E-state index in [1.807, 2.05) is 0 Å². The van der Waals surface area contributed by atoms with Gasteiger partial charge in [-0.2, -0.15) is 5.26 Å². The number of nitrogens with one attached hydrogen (secondary N) is 2. The minimum absolute atomic E-state index is 0.0654. The molecule has 0 unspecified atom stereocenters. The average molecular weight is 266 g/mol. The van der Waals surface area contributed by atoms with E-state index >= 15 is 0 Å². The Labute approximate surface area is 114 Å². The van der Waals surface area contributed by atoms with Crippen molar-refractivity contribution in [2.45, 2.75) is 26.2 Å². The van der Waals surface area contributed by atoms with Gasteiger partial charge in [0.2, 0.25) is 11.8 Å². The maximum Gasteiger partial charge on any atom is 0.223 e. The molecule has 0 aromatic rings. The summed E-state index contributed by atoms with van der Waals surface area (Å²) in [5, 5.41) is 14.0. The zero-order valence-corrected chi connectivity index (χ0v) is 11.4. The van der Waals surface area contributed by atoms with Crippen molar-refractivity contribution in [2.24, 2.45) is 5.92 Å². The second-order valence-electron chi connectivity index (χ2n) is 4.80. The van der Waals surface area contributed by atoms with E-state index in [0.29, 0.717) is 19.5 Å². The average Bonchev–Trinajstić information content (AvgIpc) is 2.41. The smallest absolute Gasteiger partial charge is 0.223 e. The fraction of sp³-hybridized carbons (Fsp3) is 0.769. The lowest BCUT2D eigenvalue weighted by atomic mass is 9.96. The third kappa shape index (κ3) is 6.20. The molecular formula is C13H22N4O2. The number of carbonyl (C=O) groups is 2. The third-order valence-electron chi connectivity index (χ3n) is 3.30. The summed E-state index contributed by atoms with van der Waals surface area (Å²) in [7, 11) is 0. The molecule has 0 aliphatic carbocycles. The van der Waals surface area contributed by atoms with Crippen LogP contribution in [0, 0.1) is 17.2 Å². The standard InChI is InChI=1S/C13H22N4O2/c1-11(18)15-6-7-16-13(19)12-3-9-17(10-4-12)8-2-5-14/h12H,2-4,6-10H2,1H3,(H,15,18)(H,16,19). The molecule has 0 aromatic heterocycles. The summed E-state index contributed by atoms with van der Waals surface area (Å²) in [6.07, 6.45) is 2.24. The van der Waals surface area contributed by atoms with E-state index in [4.69, 9.17) is 5.26 Å². The van der Waals surface area contributed by atoms with E-state index in [-0.39, 0.29) is 17.7 Å². The summed E-state index contributed by atoms with van der Waals surface area (Å²) in [4.78, 5) is 24.8. The Balaban J connectivity index is 2.14. The van der Waals surface area contributed by atoms with Gasteiger partial charge < -0.3 is 15.5 Å². The number of hydrogen-bond donors (Lipinski definition) is 2. The van der Waals surface area contributed by atoms with Crippen molar-refractivity contribution >= 4 is 11.8 Å². The van der Waals surface area contributed by atoms with Gasteiger partial charge in [-0.05, 0) is 25.9 Å². The maximum absolute atomic E-state index is 11.9. The van der Waals surface area contributed by atoms with Gasteiger partial charge in [0.15, 0.2) is 0 Å². The van der Waals surface area contributed by atoms with Crippen molar-refractivity contribution in [3.05, 3.63) is 0 Å². The van der Waals surface area contributed by atoms with Crippen LogP contribution in [0.2, 0.25) is 0 Å². The topological polar surface area (TPSA) is 85.2 Å². The monoisotopic (exact) mass is 266 g/mol. The first-order chi connectivity index (χ1) is 9.13. The molecule has 1 saturated heterocycles. The Bertz CT molecular complexity index is 343. The molecule has 0 bridgehead atoms. The summed E-state index contributed by atoms with van der Waals surface area (Å²) in [6.45, 7) is 4.97. The van der Waals surface area contributed by atoms with E-state index < -0.39 is 0 Å².